The second kappa shape index (κ2) is 5.46. The molecule has 0 aliphatic heterocycles. The highest BCUT2D eigenvalue weighted by Gasteiger charge is 2.39. The molecule has 5 nitrogen and oxygen atoms in total. The predicted molar refractivity (Wildman–Crippen MR) is 77.2 cm³/mol. The van der Waals surface area contributed by atoms with Crippen LogP contribution in [0.5, 0.6) is 0 Å². The number of carbonyl (C=O) groups excluding carboxylic acids is 1. The third-order valence-electron chi connectivity index (χ3n) is 4.93. The maximum atomic E-state index is 12.8. The van der Waals surface area contributed by atoms with Crippen LogP contribution in [0.25, 0.3) is 0 Å². The molecule has 1 aromatic heterocycles. The molecule has 116 valence electrons. The highest BCUT2D eigenvalue weighted by Crippen LogP contribution is 2.32. The van der Waals surface area contributed by atoms with Crippen LogP contribution in [0, 0.1) is 6.92 Å². The van der Waals surface area contributed by atoms with Crippen molar-refractivity contribution in [2.75, 3.05) is 7.05 Å². The van der Waals surface area contributed by atoms with E-state index in [0.717, 1.165) is 37.0 Å². The lowest BCUT2D eigenvalue weighted by molar-refractivity contribution is 0.00651. The molecule has 3 rings (SSSR count). The molecule has 1 aromatic rings. The molecule has 2 aliphatic rings. The molecule has 1 amide bonds. The molecule has 1 fully saturated rings. The Bertz CT molecular complexity index is 551. The van der Waals surface area contributed by atoms with Gasteiger partial charge in [-0.15, -0.1) is 0 Å². The van der Waals surface area contributed by atoms with Gasteiger partial charge >= 0.3 is 0 Å². The molecule has 2 aliphatic carbocycles. The number of likely N-dealkylation sites (N-methyl/N-ethyl adjacent to an activating group) is 1. The van der Waals surface area contributed by atoms with Gasteiger partial charge in [-0.1, -0.05) is 0 Å². The van der Waals surface area contributed by atoms with Gasteiger partial charge in [-0.25, -0.2) is 0 Å². The zero-order valence-corrected chi connectivity index (χ0v) is 12.6. The fraction of sp³-hybridized carbons (Fsp3) is 0.688. The van der Waals surface area contributed by atoms with E-state index in [2.05, 4.69) is 0 Å². The minimum atomic E-state index is -0.859. The van der Waals surface area contributed by atoms with Crippen molar-refractivity contribution in [3.05, 3.63) is 22.6 Å². The van der Waals surface area contributed by atoms with E-state index >= 15 is 0 Å². The van der Waals surface area contributed by atoms with E-state index in [1.165, 1.54) is 0 Å². The van der Waals surface area contributed by atoms with Gasteiger partial charge in [0.05, 0.1) is 17.7 Å². The lowest BCUT2D eigenvalue weighted by Gasteiger charge is -2.28. The Kier molecular flexibility index (Phi) is 3.80. The first-order valence-corrected chi connectivity index (χ1v) is 7.75. The maximum Gasteiger partial charge on any atom is 0.257 e. The summed E-state index contributed by atoms with van der Waals surface area (Å²) in [5, 5.41) is 19.7. The fourth-order valence-corrected chi connectivity index (χ4v) is 3.67. The van der Waals surface area contributed by atoms with Gasteiger partial charge in [0.15, 0.2) is 0 Å². The highest BCUT2D eigenvalue weighted by atomic mass is 16.3. The van der Waals surface area contributed by atoms with E-state index in [-0.39, 0.29) is 11.9 Å². The molecular weight excluding hydrogens is 270 g/mol. The minimum Gasteiger partial charge on any atom is -0.465 e. The lowest BCUT2D eigenvalue weighted by atomic mass is 9.94. The second-order valence-electron chi connectivity index (χ2n) is 6.26. The van der Waals surface area contributed by atoms with Crippen LogP contribution in [0.4, 0.5) is 0 Å². The van der Waals surface area contributed by atoms with E-state index in [9.17, 15) is 15.0 Å². The van der Waals surface area contributed by atoms with Crippen LogP contribution in [0.1, 0.15) is 53.1 Å². The molecule has 1 saturated carbocycles. The number of nitrogens with zero attached hydrogens (tertiary/aromatic N) is 1. The molecule has 0 aromatic carbocycles. The average molecular weight is 293 g/mol. The normalized spacial score (nSPS) is 28.5. The van der Waals surface area contributed by atoms with Crippen LogP contribution < -0.4 is 0 Å². The van der Waals surface area contributed by atoms with Crippen molar-refractivity contribution >= 4 is 5.91 Å². The standard InChI is InChI=1S/C16H23NO4/c1-9-14(10-5-3-4-6-13(10)21-9)16(20)17(2)11-7-8-12(18)15(11)19/h11-12,15,18-19H,3-8H2,1-2H3/t11-,12-,15-/m1/s1. The van der Waals surface area contributed by atoms with E-state index in [4.69, 9.17) is 4.42 Å². The summed E-state index contributed by atoms with van der Waals surface area (Å²) in [6, 6.07) is -0.318. The second-order valence-corrected chi connectivity index (χ2v) is 6.26. The summed E-state index contributed by atoms with van der Waals surface area (Å²) >= 11 is 0. The van der Waals surface area contributed by atoms with Gasteiger partial charge in [0.2, 0.25) is 0 Å². The van der Waals surface area contributed by atoms with Crippen LogP contribution in [0.3, 0.4) is 0 Å². The number of aliphatic hydroxyl groups excluding tert-OH is 2. The number of aryl methyl sites for hydroxylation is 2. The van der Waals surface area contributed by atoms with Crippen LogP contribution in [0.2, 0.25) is 0 Å². The van der Waals surface area contributed by atoms with Crippen molar-refractivity contribution in [2.24, 2.45) is 0 Å². The van der Waals surface area contributed by atoms with Gasteiger partial charge in [-0.05, 0) is 39.0 Å². The Balaban J connectivity index is 1.87. The van der Waals surface area contributed by atoms with Crippen LogP contribution in [0.15, 0.2) is 4.42 Å². The van der Waals surface area contributed by atoms with Crippen LogP contribution in [-0.4, -0.2) is 46.3 Å². The third-order valence-corrected chi connectivity index (χ3v) is 4.93. The molecule has 0 spiro atoms. The molecule has 1 heterocycles. The lowest BCUT2D eigenvalue weighted by Crippen LogP contribution is -2.44. The molecule has 0 saturated heterocycles. The maximum absolute atomic E-state index is 12.8. The first kappa shape index (κ1) is 14.6. The van der Waals surface area contributed by atoms with E-state index in [0.29, 0.717) is 24.2 Å². The summed E-state index contributed by atoms with van der Waals surface area (Å²) in [7, 11) is 1.70. The smallest absolute Gasteiger partial charge is 0.257 e. The zero-order chi connectivity index (χ0) is 15.1. The molecule has 0 radical (unpaired) electrons. The minimum absolute atomic E-state index is 0.0995. The topological polar surface area (TPSA) is 73.9 Å². The van der Waals surface area contributed by atoms with Gasteiger partial charge in [0, 0.05) is 19.0 Å². The van der Waals surface area contributed by atoms with Crippen molar-refractivity contribution in [1.82, 2.24) is 4.90 Å². The zero-order valence-electron chi connectivity index (χ0n) is 12.6. The molecule has 3 atom stereocenters. The van der Waals surface area contributed by atoms with Crippen molar-refractivity contribution in [3.63, 3.8) is 0 Å². The third kappa shape index (κ3) is 2.38. The molecule has 5 heteroatoms. The highest BCUT2D eigenvalue weighted by molar-refractivity contribution is 5.97. The molecule has 21 heavy (non-hydrogen) atoms. The quantitative estimate of drug-likeness (QED) is 0.865. The number of amides is 1. The van der Waals surface area contributed by atoms with E-state index in [1.54, 1.807) is 11.9 Å². The number of carbonyl (C=O) groups is 1. The Labute approximate surface area is 124 Å². The van der Waals surface area contributed by atoms with Gasteiger partial charge in [0.1, 0.15) is 17.6 Å². The average Bonchev–Trinajstić information content (AvgIpc) is 2.97. The first-order chi connectivity index (χ1) is 10.0. The summed E-state index contributed by atoms with van der Waals surface area (Å²) in [4.78, 5) is 14.4. The number of rotatable bonds is 2. The van der Waals surface area contributed by atoms with Gasteiger partial charge in [-0.2, -0.15) is 0 Å². The summed E-state index contributed by atoms with van der Waals surface area (Å²) in [5.74, 6) is 1.52. The monoisotopic (exact) mass is 293 g/mol. The van der Waals surface area contributed by atoms with Crippen LogP contribution in [-0.2, 0) is 12.8 Å². The van der Waals surface area contributed by atoms with Crippen molar-refractivity contribution in [1.29, 1.82) is 0 Å². The summed E-state index contributed by atoms with van der Waals surface area (Å²) in [5.41, 5.74) is 1.71. The Morgan fingerprint density at radius 1 is 1.24 bits per heavy atom. The van der Waals surface area contributed by atoms with Crippen molar-refractivity contribution in [2.45, 2.75) is 63.7 Å². The number of hydrogen-bond acceptors (Lipinski definition) is 4. The summed E-state index contributed by atoms with van der Waals surface area (Å²) in [6.07, 6.45) is 3.55. The SMILES string of the molecule is Cc1oc2c(c1C(=O)N(C)[C@@H]1CC[C@@H](O)[C@@H]1O)CCCC2. The number of fused-ring (bicyclic) bond motifs is 1. The van der Waals surface area contributed by atoms with Gasteiger partial charge in [0.25, 0.3) is 5.91 Å². The van der Waals surface area contributed by atoms with Crippen LogP contribution >= 0.6 is 0 Å². The summed E-state index contributed by atoms with van der Waals surface area (Å²) in [6.45, 7) is 1.83. The number of furan rings is 1. The molecular formula is C16H23NO4. The van der Waals surface area contributed by atoms with Gasteiger partial charge < -0.3 is 19.5 Å². The predicted octanol–water partition coefficient (Wildman–Crippen LogP) is 1.42. The summed E-state index contributed by atoms with van der Waals surface area (Å²) < 4.78 is 5.76. The Hall–Kier alpha value is -1.33. The Morgan fingerprint density at radius 2 is 1.95 bits per heavy atom. The van der Waals surface area contributed by atoms with Crippen molar-refractivity contribution in [3.8, 4) is 0 Å². The number of hydrogen-bond donors (Lipinski definition) is 2. The largest absolute Gasteiger partial charge is 0.465 e. The Morgan fingerprint density at radius 3 is 2.62 bits per heavy atom. The van der Waals surface area contributed by atoms with E-state index in [1.807, 2.05) is 6.92 Å². The molecule has 0 bridgehead atoms. The molecule has 2 N–H and O–H groups in total. The molecule has 0 unspecified atom stereocenters. The fourth-order valence-electron chi connectivity index (χ4n) is 3.67. The van der Waals surface area contributed by atoms with Crippen molar-refractivity contribution < 1.29 is 19.4 Å². The first-order valence-electron chi connectivity index (χ1n) is 7.75. The number of aliphatic hydroxyl groups is 2. The van der Waals surface area contributed by atoms with Gasteiger partial charge in [-0.3, -0.25) is 4.79 Å². The van der Waals surface area contributed by atoms with E-state index < -0.39 is 12.2 Å².